The Kier molecular flexibility index (Phi) is 3.92. The van der Waals surface area contributed by atoms with Crippen molar-refractivity contribution in [3.63, 3.8) is 0 Å². The molecule has 90 valence electrons. The number of hydrogen-bond donors (Lipinski definition) is 2. The van der Waals surface area contributed by atoms with Crippen molar-refractivity contribution < 1.29 is 23.5 Å². The third-order valence-electron chi connectivity index (χ3n) is 1.82. The summed E-state index contributed by atoms with van der Waals surface area (Å²) >= 11 is 0. The highest BCUT2D eigenvalue weighted by Gasteiger charge is 2.11. The van der Waals surface area contributed by atoms with Crippen LogP contribution in [-0.4, -0.2) is 17.0 Å². The average molecular weight is 241 g/mol. The molecule has 0 fully saturated rings. The molecule has 6 heteroatoms. The molecule has 0 saturated heterocycles. The maximum atomic E-state index is 12.8. The third kappa shape index (κ3) is 4.02. The number of carboxylic acids is 1. The van der Waals surface area contributed by atoms with Crippen molar-refractivity contribution in [3.05, 3.63) is 42.0 Å². The van der Waals surface area contributed by atoms with Crippen LogP contribution in [0.15, 0.2) is 30.4 Å². The van der Waals surface area contributed by atoms with Crippen LogP contribution < -0.4 is 5.32 Å². The fraction of sp³-hybridized carbons (Fsp3) is 0.0909. The highest BCUT2D eigenvalue weighted by Crippen LogP contribution is 2.13. The molecule has 0 unspecified atom stereocenters. The molecule has 0 aliphatic carbocycles. The minimum Gasteiger partial charge on any atom is -0.478 e. The van der Waals surface area contributed by atoms with Gasteiger partial charge >= 0.3 is 5.97 Å². The number of carboxylic acid groups (broad SMARTS) is 1. The number of carbonyl (C=O) groups excluding carboxylic acids is 1. The Hall–Kier alpha value is -2.24. The standard InChI is InChI=1S/C11H9F2NO3/c1-6(11(16)17)2-10(15)14-9-4-7(12)3-8(13)5-9/h3-5H,1-2H2,(H,14,15)(H,16,17). The first kappa shape index (κ1) is 12.8. The van der Waals surface area contributed by atoms with Crippen molar-refractivity contribution >= 4 is 17.6 Å². The lowest BCUT2D eigenvalue weighted by Gasteiger charge is -2.05. The Labute approximate surface area is 95.6 Å². The van der Waals surface area contributed by atoms with E-state index in [4.69, 9.17) is 5.11 Å². The van der Waals surface area contributed by atoms with Crippen LogP contribution in [-0.2, 0) is 9.59 Å². The van der Waals surface area contributed by atoms with E-state index in [2.05, 4.69) is 11.9 Å². The second kappa shape index (κ2) is 5.20. The number of nitrogens with one attached hydrogen (secondary N) is 1. The van der Waals surface area contributed by atoms with E-state index in [0.717, 1.165) is 12.1 Å². The number of hydrogen-bond acceptors (Lipinski definition) is 2. The van der Waals surface area contributed by atoms with Gasteiger partial charge in [0.25, 0.3) is 0 Å². The molecule has 1 aromatic carbocycles. The van der Waals surface area contributed by atoms with Gasteiger partial charge in [0, 0.05) is 17.3 Å². The van der Waals surface area contributed by atoms with E-state index in [1.165, 1.54) is 0 Å². The van der Waals surface area contributed by atoms with Crippen LogP contribution in [0, 0.1) is 11.6 Å². The molecule has 0 heterocycles. The molecule has 0 saturated carbocycles. The fourth-order valence-corrected chi connectivity index (χ4v) is 1.10. The molecular formula is C11H9F2NO3. The molecule has 2 N–H and O–H groups in total. The van der Waals surface area contributed by atoms with Crippen molar-refractivity contribution in [1.29, 1.82) is 0 Å². The molecule has 0 bridgehead atoms. The lowest BCUT2D eigenvalue weighted by atomic mass is 10.2. The molecule has 4 nitrogen and oxygen atoms in total. The largest absolute Gasteiger partial charge is 0.478 e. The van der Waals surface area contributed by atoms with Gasteiger partial charge in [-0.1, -0.05) is 6.58 Å². The topological polar surface area (TPSA) is 66.4 Å². The normalized spacial score (nSPS) is 9.76. The van der Waals surface area contributed by atoms with Gasteiger partial charge < -0.3 is 10.4 Å². The van der Waals surface area contributed by atoms with Crippen molar-refractivity contribution in [1.82, 2.24) is 0 Å². The summed E-state index contributed by atoms with van der Waals surface area (Å²) in [6.07, 6.45) is -0.451. The molecule has 1 rings (SSSR count). The second-order valence-electron chi connectivity index (χ2n) is 3.29. The fourth-order valence-electron chi connectivity index (χ4n) is 1.10. The second-order valence-corrected chi connectivity index (χ2v) is 3.29. The van der Waals surface area contributed by atoms with E-state index in [9.17, 15) is 18.4 Å². The Balaban J connectivity index is 2.68. The van der Waals surface area contributed by atoms with Gasteiger partial charge in [0.2, 0.25) is 5.91 Å². The predicted octanol–water partition coefficient (Wildman–Crippen LogP) is 1.93. The molecule has 0 aliphatic heterocycles. The first-order valence-corrected chi connectivity index (χ1v) is 4.55. The van der Waals surface area contributed by atoms with Crippen LogP contribution in [0.2, 0.25) is 0 Å². The van der Waals surface area contributed by atoms with Gasteiger partial charge in [-0.2, -0.15) is 0 Å². The Morgan fingerprint density at radius 3 is 2.24 bits per heavy atom. The summed E-state index contributed by atoms with van der Waals surface area (Å²) in [6, 6.07) is 2.50. The maximum absolute atomic E-state index is 12.8. The number of rotatable bonds is 4. The number of aliphatic carboxylic acids is 1. The quantitative estimate of drug-likeness (QED) is 0.791. The molecule has 0 spiro atoms. The van der Waals surface area contributed by atoms with Crippen LogP contribution in [0.3, 0.4) is 0 Å². The average Bonchev–Trinajstić information content (AvgIpc) is 2.14. The summed E-state index contributed by atoms with van der Waals surface area (Å²) in [4.78, 5) is 21.7. The van der Waals surface area contributed by atoms with Gasteiger partial charge in [0.1, 0.15) is 11.6 Å². The van der Waals surface area contributed by atoms with Crippen LogP contribution in [0.5, 0.6) is 0 Å². The summed E-state index contributed by atoms with van der Waals surface area (Å²) in [7, 11) is 0. The summed E-state index contributed by atoms with van der Waals surface area (Å²) < 4.78 is 25.5. The van der Waals surface area contributed by atoms with Gasteiger partial charge in [-0.25, -0.2) is 13.6 Å². The van der Waals surface area contributed by atoms with Crippen LogP contribution in [0.1, 0.15) is 6.42 Å². The Bertz CT molecular complexity index is 465. The Morgan fingerprint density at radius 2 is 1.76 bits per heavy atom. The SMILES string of the molecule is C=C(CC(=O)Nc1cc(F)cc(F)c1)C(=O)O. The third-order valence-corrected chi connectivity index (χ3v) is 1.82. The Morgan fingerprint density at radius 1 is 1.24 bits per heavy atom. The summed E-state index contributed by atoms with van der Waals surface area (Å²) in [5.41, 5.74) is -0.384. The number of anilines is 1. The molecule has 17 heavy (non-hydrogen) atoms. The molecular weight excluding hydrogens is 232 g/mol. The first-order chi connectivity index (χ1) is 7.88. The molecule has 0 atom stereocenters. The smallest absolute Gasteiger partial charge is 0.331 e. The lowest BCUT2D eigenvalue weighted by molar-refractivity contribution is -0.133. The van der Waals surface area contributed by atoms with Crippen LogP contribution in [0.4, 0.5) is 14.5 Å². The molecule has 0 radical (unpaired) electrons. The molecule has 1 aromatic rings. The molecule has 0 aromatic heterocycles. The van der Waals surface area contributed by atoms with E-state index < -0.39 is 29.9 Å². The number of amides is 1. The van der Waals surface area contributed by atoms with Crippen molar-refractivity contribution in [2.75, 3.05) is 5.32 Å². The van der Waals surface area contributed by atoms with Gasteiger partial charge in [-0.05, 0) is 12.1 Å². The zero-order chi connectivity index (χ0) is 13.0. The van der Waals surface area contributed by atoms with Gasteiger partial charge in [-0.15, -0.1) is 0 Å². The van der Waals surface area contributed by atoms with Crippen molar-refractivity contribution in [2.24, 2.45) is 0 Å². The number of benzene rings is 1. The highest BCUT2D eigenvalue weighted by atomic mass is 19.1. The van der Waals surface area contributed by atoms with Crippen LogP contribution in [0.25, 0.3) is 0 Å². The van der Waals surface area contributed by atoms with Gasteiger partial charge in [0.15, 0.2) is 0 Å². The van der Waals surface area contributed by atoms with E-state index >= 15 is 0 Å². The zero-order valence-corrected chi connectivity index (χ0v) is 8.67. The van der Waals surface area contributed by atoms with Crippen molar-refractivity contribution in [3.8, 4) is 0 Å². The van der Waals surface area contributed by atoms with E-state index in [1.54, 1.807) is 0 Å². The minimum atomic E-state index is -1.30. The van der Waals surface area contributed by atoms with Gasteiger partial charge in [-0.3, -0.25) is 4.79 Å². The maximum Gasteiger partial charge on any atom is 0.331 e. The number of halogens is 2. The molecule has 1 amide bonds. The summed E-state index contributed by atoms with van der Waals surface area (Å²) in [5.74, 6) is -3.68. The molecule has 0 aliphatic rings. The van der Waals surface area contributed by atoms with Crippen LogP contribution >= 0.6 is 0 Å². The first-order valence-electron chi connectivity index (χ1n) is 4.55. The van der Waals surface area contributed by atoms with Crippen molar-refractivity contribution in [2.45, 2.75) is 6.42 Å². The zero-order valence-electron chi connectivity index (χ0n) is 8.67. The van der Waals surface area contributed by atoms with E-state index in [0.29, 0.717) is 6.07 Å². The minimum absolute atomic E-state index is 0.0781. The monoisotopic (exact) mass is 241 g/mol. The number of carbonyl (C=O) groups is 2. The predicted molar refractivity (Wildman–Crippen MR) is 56.4 cm³/mol. The lowest BCUT2D eigenvalue weighted by Crippen LogP contribution is -2.15. The van der Waals surface area contributed by atoms with E-state index in [-0.39, 0.29) is 11.3 Å². The summed E-state index contributed by atoms with van der Waals surface area (Å²) in [6.45, 7) is 3.16. The summed E-state index contributed by atoms with van der Waals surface area (Å²) in [5, 5.41) is 10.7. The van der Waals surface area contributed by atoms with Gasteiger partial charge in [0.05, 0.1) is 6.42 Å². The van der Waals surface area contributed by atoms with E-state index in [1.807, 2.05) is 0 Å². The highest BCUT2D eigenvalue weighted by molar-refractivity contribution is 5.99.